The normalized spacial score (nSPS) is 10.4. The van der Waals surface area contributed by atoms with Gasteiger partial charge in [0, 0.05) is 31.6 Å². The Morgan fingerprint density at radius 2 is 2.17 bits per heavy atom. The van der Waals surface area contributed by atoms with E-state index in [9.17, 15) is 9.18 Å². The Labute approximate surface area is 111 Å². The van der Waals surface area contributed by atoms with Crippen LogP contribution in [0.25, 0.3) is 0 Å². The van der Waals surface area contributed by atoms with E-state index in [2.05, 4.69) is 0 Å². The molecule has 1 aromatic rings. The van der Waals surface area contributed by atoms with Crippen molar-refractivity contribution in [2.75, 3.05) is 32.7 Å². The van der Waals surface area contributed by atoms with Gasteiger partial charge >= 0.3 is 0 Å². The number of carbonyl (C=O) groups is 1. The number of aryl methyl sites for hydroxylation is 1. The molecule has 0 atom stereocenters. The summed E-state index contributed by atoms with van der Waals surface area (Å²) in [4.78, 5) is 13.8. The molecular formula is C13H17ClFNO2. The zero-order valence-electron chi connectivity index (χ0n) is 10.6. The molecule has 0 saturated heterocycles. The number of amides is 1. The standard InChI is InChI=1S/C13H17ClFNO2/c1-10-3-4-11(15)9-12(10)13(17)16(6-5-14)7-8-18-2/h3-4,9H,5-8H2,1-2H3. The number of halogens is 2. The summed E-state index contributed by atoms with van der Waals surface area (Å²) < 4.78 is 18.1. The van der Waals surface area contributed by atoms with Crippen molar-refractivity contribution in [2.45, 2.75) is 6.92 Å². The highest BCUT2D eigenvalue weighted by molar-refractivity contribution is 6.18. The van der Waals surface area contributed by atoms with E-state index >= 15 is 0 Å². The Morgan fingerprint density at radius 1 is 1.44 bits per heavy atom. The lowest BCUT2D eigenvalue weighted by molar-refractivity contribution is 0.0706. The molecule has 0 aliphatic rings. The highest BCUT2D eigenvalue weighted by atomic mass is 35.5. The van der Waals surface area contributed by atoms with E-state index < -0.39 is 5.82 Å². The SMILES string of the molecule is COCCN(CCCl)C(=O)c1cc(F)ccc1C. The average Bonchev–Trinajstić information content (AvgIpc) is 2.36. The van der Waals surface area contributed by atoms with E-state index in [1.54, 1.807) is 25.0 Å². The predicted molar refractivity (Wildman–Crippen MR) is 69.6 cm³/mol. The lowest BCUT2D eigenvalue weighted by Crippen LogP contribution is -2.35. The third-order valence-corrected chi connectivity index (χ3v) is 2.81. The monoisotopic (exact) mass is 273 g/mol. The molecule has 3 nitrogen and oxygen atoms in total. The van der Waals surface area contributed by atoms with Crippen molar-refractivity contribution in [2.24, 2.45) is 0 Å². The number of alkyl halides is 1. The maximum Gasteiger partial charge on any atom is 0.254 e. The fourth-order valence-corrected chi connectivity index (χ4v) is 1.82. The first-order chi connectivity index (χ1) is 8.60. The van der Waals surface area contributed by atoms with Crippen LogP contribution >= 0.6 is 11.6 Å². The van der Waals surface area contributed by atoms with Gasteiger partial charge in [-0.15, -0.1) is 11.6 Å². The molecule has 0 spiro atoms. The molecule has 0 heterocycles. The van der Waals surface area contributed by atoms with Crippen LogP contribution in [-0.4, -0.2) is 43.5 Å². The predicted octanol–water partition coefficient (Wildman–Crippen LogP) is 2.46. The number of ether oxygens (including phenoxy) is 1. The molecule has 1 rings (SSSR count). The van der Waals surface area contributed by atoms with Crippen molar-refractivity contribution in [1.82, 2.24) is 4.90 Å². The molecule has 0 aliphatic heterocycles. The highest BCUT2D eigenvalue weighted by Crippen LogP contribution is 2.13. The molecule has 0 N–H and O–H groups in total. The van der Waals surface area contributed by atoms with Crippen molar-refractivity contribution in [3.05, 3.63) is 35.1 Å². The van der Waals surface area contributed by atoms with Crippen LogP contribution in [0.2, 0.25) is 0 Å². The van der Waals surface area contributed by atoms with Crippen molar-refractivity contribution in [1.29, 1.82) is 0 Å². The molecule has 0 fully saturated rings. The first-order valence-corrected chi connectivity index (χ1v) is 6.24. The van der Waals surface area contributed by atoms with E-state index in [4.69, 9.17) is 16.3 Å². The quantitative estimate of drug-likeness (QED) is 0.745. The minimum Gasteiger partial charge on any atom is -0.383 e. The van der Waals surface area contributed by atoms with E-state index in [0.717, 1.165) is 5.56 Å². The summed E-state index contributed by atoms with van der Waals surface area (Å²) in [6, 6.07) is 4.19. The molecule has 1 amide bonds. The minimum atomic E-state index is -0.415. The summed E-state index contributed by atoms with van der Waals surface area (Å²) in [6.07, 6.45) is 0. The van der Waals surface area contributed by atoms with Crippen LogP contribution in [0.1, 0.15) is 15.9 Å². The van der Waals surface area contributed by atoms with Gasteiger partial charge in [-0.05, 0) is 24.6 Å². The maximum atomic E-state index is 13.2. The van der Waals surface area contributed by atoms with Crippen LogP contribution in [0, 0.1) is 12.7 Å². The average molecular weight is 274 g/mol. The van der Waals surface area contributed by atoms with Gasteiger partial charge in [0.2, 0.25) is 0 Å². The Balaban J connectivity index is 2.90. The van der Waals surface area contributed by atoms with Crippen LogP contribution < -0.4 is 0 Å². The summed E-state index contributed by atoms with van der Waals surface area (Å²) in [7, 11) is 1.57. The Kier molecular flexibility index (Phi) is 6.09. The second kappa shape index (κ2) is 7.34. The lowest BCUT2D eigenvalue weighted by atomic mass is 10.1. The second-order valence-corrected chi connectivity index (χ2v) is 4.31. The van der Waals surface area contributed by atoms with Gasteiger partial charge in [0.15, 0.2) is 0 Å². The molecule has 0 unspecified atom stereocenters. The Morgan fingerprint density at radius 3 is 2.78 bits per heavy atom. The van der Waals surface area contributed by atoms with Gasteiger partial charge in [0.25, 0.3) is 5.91 Å². The summed E-state index contributed by atoms with van der Waals surface area (Å²) >= 11 is 5.67. The van der Waals surface area contributed by atoms with Gasteiger partial charge in [-0.1, -0.05) is 6.07 Å². The van der Waals surface area contributed by atoms with Crippen molar-refractivity contribution in [3.63, 3.8) is 0 Å². The molecule has 0 saturated carbocycles. The first kappa shape index (κ1) is 14.9. The van der Waals surface area contributed by atoms with E-state index in [1.165, 1.54) is 12.1 Å². The van der Waals surface area contributed by atoms with Gasteiger partial charge in [0.1, 0.15) is 5.82 Å². The largest absolute Gasteiger partial charge is 0.383 e. The molecule has 5 heteroatoms. The van der Waals surface area contributed by atoms with Crippen LogP contribution in [0.5, 0.6) is 0 Å². The van der Waals surface area contributed by atoms with Crippen LogP contribution in [0.4, 0.5) is 4.39 Å². The summed E-state index contributed by atoms with van der Waals surface area (Å²) in [5.74, 6) is -0.296. The number of nitrogens with zero attached hydrogens (tertiary/aromatic N) is 1. The third-order valence-electron chi connectivity index (χ3n) is 2.64. The second-order valence-electron chi connectivity index (χ2n) is 3.93. The molecule has 0 aliphatic carbocycles. The fourth-order valence-electron chi connectivity index (χ4n) is 1.61. The van der Waals surface area contributed by atoms with Gasteiger partial charge < -0.3 is 9.64 Å². The number of rotatable bonds is 6. The van der Waals surface area contributed by atoms with Crippen LogP contribution in [0.15, 0.2) is 18.2 Å². The smallest absolute Gasteiger partial charge is 0.254 e. The summed E-state index contributed by atoms with van der Waals surface area (Å²) in [6.45, 7) is 3.07. The molecule has 18 heavy (non-hydrogen) atoms. The van der Waals surface area contributed by atoms with Crippen molar-refractivity contribution < 1.29 is 13.9 Å². The van der Waals surface area contributed by atoms with E-state index in [-0.39, 0.29) is 5.91 Å². The maximum absolute atomic E-state index is 13.2. The minimum absolute atomic E-state index is 0.218. The topological polar surface area (TPSA) is 29.5 Å². The Bertz CT molecular complexity index is 412. The third kappa shape index (κ3) is 3.96. The molecule has 0 radical (unpaired) electrons. The van der Waals surface area contributed by atoms with Crippen molar-refractivity contribution in [3.8, 4) is 0 Å². The van der Waals surface area contributed by atoms with Gasteiger partial charge in [-0.25, -0.2) is 4.39 Å². The molecule has 0 bridgehead atoms. The molecule has 0 aromatic heterocycles. The zero-order chi connectivity index (χ0) is 13.5. The number of hydrogen-bond donors (Lipinski definition) is 0. The van der Waals surface area contributed by atoms with Gasteiger partial charge in [0.05, 0.1) is 6.61 Å². The van der Waals surface area contributed by atoms with E-state index in [0.29, 0.717) is 31.1 Å². The van der Waals surface area contributed by atoms with Crippen LogP contribution in [-0.2, 0) is 4.74 Å². The van der Waals surface area contributed by atoms with Gasteiger partial charge in [-0.2, -0.15) is 0 Å². The number of hydrogen-bond acceptors (Lipinski definition) is 2. The van der Waals surface area contributed by atoms with E-state index in [1.807, 2.05) is 0 Å². The Hall–Kier alpha value is -1.13. The number of methoxy groups -OCH3 is 1. The first-order valence-electron chi connectivity index (χ1n) is 5.70. The lowest BCUT2D eigenvalue weighted by Gasteiger charge is -2.22. The van der Waals surface area contributed by atoms with Crippen molar-refractivity contribution >= 4 is 17.5 Å². The summed E-state index contributed by atoms with van der Waals surface area (Å²) in [5, 5.41) is 0. The number of carbonyl (C=O) groups excluding carboxylic acids is 1. The zero-order valence-corrected chi connectivity index (χ0v) is 11.3. The molecule has 100 valence electrons. The highest BCUT2D eigenvalue weighted by Gasteiger charge is 2.17. The van der Waals surface area contributed by atoms with Crippen LogP contribution in [0.3, 0.4) is 0 Å². The van der Waals surface area contributed by atoms with Gasteiger partial charge in [-0.3, -0.25) is 4.79 Å². The molecule has 1 aromatic carbocycles. The molecular weight excluding hydrogens is 257 g/mol. The number of benzene rings is 1. The fraction of sp³-hybridized carbons (Fsp3) is 0.462. The summed E-state index contributed by atoms with van der Waals surface area (Å²) in [5.41, 5.74) is 1.12.